The second kappa shape index (κ2) is 11.5. The number of benzene rings is 2. The molecule has 0 aliphatic carbocycles. The second-order valence-corrected chi connectivity index (χ2v) is 8.42. The summed E-state index contributed by atoms with van der Waals surface area (Å²) < 4.78 is 7.59. The number of aliphatic hydroxyl groups excluding tert-OH is 1. The molecule has 9 heteroatoms. The molecule has 0 fully saturated rings. The third-order valence-electron chi connectivity index (χ3n) is 5.85. The van der Waals surface area contributed by atoms with Gasteiger partial charge in [-0.2, -0.15) is 10.1 Å². The van der Waals surface area contributed by atoms with Gasteiger partial charge in [0, 0.05) is 30.9 Å². The van der Waals surface area contributed by atoms with Gasteiger partial charge in [-0.25, -0.2) is 4.98 Å². The lowest BCUT2D eigenvalue weighted by Gasteiger charge is -2.14. The Labute approximate surface area is 205 Å². The normalized spacial score (nSPS) is 11.1. The molecule has 0 unspecified atom stereocenters. The van der Waals surface area contributed by atoms with E-state index in [1.807, 2.05) is 35.0 Å². The molecule has 0 atom stereocenters. The molecule has 2 heterocycles. The van der Waals surface area contributed by atoms with Crippen LogP contribution in [-0.4, -0.2) is 45.1 Å². The number of aliphatic hydroxyl groups is 1. The molecule has 184 valence electrons. The van der Waals surface area contributed by atoms with E-state index in [1.54, 1.807) is 13.3 Å². The molecule has 0 saturated heterocycles. The highest BCUT2D eigenvalue weighted by atomic mass is 16.5. The molecule has 2 aromatic carbocycles. The van der Waals surface area contributed by atoms with Gasteiger partial charge in [-0.1, -0.05) is 37.6 Å². The highest BCUT2D eigenvalue weighted by Gasteiger charge is 2.15. The van der Waals surface area contributed by atoms with Crippen LogP contribution in [0.1, 0.15) is 36.5 Å². The molecule has 0 spiro atoms. The van der Waals surface area contributed by atoms with Gasteiger partial charge in [0.25, 0.3) is 0 Å². The molecular weight excluding hydrogens is 442 g/mol. The number of hydrogen-bond donors (Lipinski definition) is 4. The molecule has 9 nitrogen and oxygen atoms in total. The second-order valence-electron chi connectivity index (χ2n) is 8.42. The van der Waals surface area contributed by atoms with E-state index in [9.17, 15) is 0 Å². The van der Waals surface area contributed by atoms with Crippen molar-refractivity contribution in [1.29, 1.82) is 0 Å². The number of aromatic nitrogens is 4. The summed E-state index contributed by atoms with van der Waals surface area (Å²) in [7, 11) is 1.68. The molecule has 0 amide bonds. The third kappa shape index (κ3) is 5.99. The van der Waals surface area contributed by atoms with Crippen molar-refractivity contribution in [2.24, 2.45) is 0 Å². The Morgan fingerprint density at radius 3 is 2.60 bits per heavy atom. The standard InChI is InChI=1S/C26H33N7O2/c1-3-4-12-28-25-24-22(31-26(27)32-25)16-30-33(24)17-20-8-5-19(14-23(20)35-2)15-29-21-9-6-18(7-10-21)11-13-34/h5-10,14,16,29,34H,3-4,11-13,15,17H2,1-2H3,(H3,27,28,31,32). The molecular formula is C26H33N7O2. The maximum atomic E-state index is 9.07. The van der Waals surface area contributed by atoms with Crippen LogP contribution in [0, 0.1) is 0 Å². The lowest BCUT2D eigenvalue weighted by molar-refractivity contribution is 0.299. The fourth-order valence-electron chi connectivity index (χ4n) is 3.96. The maximum Gasteiger partial charge on any atom is 0.222 e. The van der Waals surface area contributed by atoms with E-state index in [2.05, 4.69) is 44.8 Å². The number of nitrogens with zero attached hydrogens (tertiary/aromatic N) is 4. The molecule has 0 radical (unpaired) electrons. The molecule has 4 aromatic rings. The number of fused-ring (bicyclic) bond motifs is 1. The molecule has 0 bridgehead atoms. The number of nitrogen functional groups attached to an aromatic ring is 1. The van der Waals surface area contributed by atoms with Gasteiger partial charge in [0.15, 0.2) is 5.82 Å². The van der Waals surface area contributed by atoms with E-state index in [4.69, 9.17) is 15.6 Å². The maximum absolute atomic E-state index is 9.07. The van der Waals surface area contributed by atoms with Crippen LogP contribution in [0.5, 0.6) is 5.75 Å². The Balaban J connectivity index is 1.50. The zero-order valence-electron chi connectivity index (χ0n) is 20.3. The molecule has 35 heavy (non-hydrogen) atoms. The number of ether oxygens (including phenoxy) is 1. The molecule has 4 rings (SSSR count). The van der Waals surface area contributed by atoms with Crippen LogP contribution in [0.4, 0.5) is 17.5 Å². The van der Waals surface area contributed by atoms with E-state index >= 15 is 0 Å². The minimum atomic E-state index is 0.158. The summed E-state index contributed by atoms with van der Waals surface area (Å²) in [6.07, 6.45) is 4.51. The van der Waals surface area contributed by atoms with Crippen molar-refractivity contribution in [3.63, 3.8) is 0 Å². The summed E-state index contributed by atoms with van der Waals surface area (Å²) in [6, 6.07) is 14.3. The molecule has 0 aliphatic heterocycles. The number of nitrogens with one attached hydrogen (secondary N) is 2. The SMILES string of the molecule is CCCCNc1nc(N)nc2cnn(Cc3ccc(CNc4ccc(CCO)cc4)cc3OC)c12. The van der Waals surface area contributed by atoms with Gasteiger partial charge >= 0.3 is 0 Å². The Morgan fingerprint density at radius 1 is 1.06 bits per heavy atom. The van der Waals surface area contributed by atoms with Crippen LogP contribution in [0.2, 0.25) is 0 Å². The van der Waals surface area contributed by atoms with E-state index in [1.165, 1.54) is 0 Å². The van der Waals surface area contributed by atoms with Crippen molar-refractivity contribution in [1.82, 2.24) is 19.7 Å². The average molecular weight is 476 g/mol. The lowest BCUT2D eigenvalue weighted by Crippen LogP contribution is -2.10. The van der Waals surface area contributed by atoms with Gasteiger partial charge in [-0.3, -0.25) is 4.68 Å². The van der Waals surface area contributed by atoms with E-state index < -0.39 is 0 Å². The van der Waals surface area contributed by atoms with E-state index in [0.29, 0.717) is 30.8 Å². The summed E-state index contributed by atoms with van der Waals surface area (Å²) in [5, 5.41) is 20.4. The Hall–Kier alpha value is -3.85. The van der Waals surface area contributed by atoms with Crippen molar-refractivity contribution >= 4 is 28.5 Å². The Bertz CT molecular complexity index is 1250. The molecule has 0 aliphatic rings. The first kappa shape index (κ1) is 24.3. The molecule has 0 saturated carbocycles. The highest BCUT2D eigenvalue weighted by Crippen LogP contribution is 2.26. The summed E-state index contributed by atoms with van der Waals surface area (Å²) >= 11 is 0. The number of unbranched alkanes of at least 4 members (excludes halogenated alkanes) is 1. The first-order valence-electron chi connectivity index (χ1n) is 11.9. The highest BCUT2D eigenvalue weighted by molar-refractivity contribution is 5.86. The Kier molecular flexibility index (Phi) is 7.99. The first-order valence-corrected chi connectivity index (χ1v) is 11.9. The van der Waals surface area contributed by atoms with Crippen molar-refractivity contribution in [3.05, 3.63) is 65.4 Å². The van der Waals surface area contributed by atoms with Gasteiger partial charge in [0.05, 0.1) is 19.9 Å². The minimum Gasteiger partial charge on any atom is -0.496 e. The predicted octanol–water partition coefficient (Wildman–Crippen LogP) is 3.82. The van der Waals surface area contributed by atoms with E-state index in [-0.39, 0.29) is 12.6 Å². The predicted molar refractivity (Wildman–Crippen MR) is 140 cm³/mol. The molecule has 5 N–H and O–H groups in total. The van der Waals surface area contributed by atoms with Gasteiger partial charge in [-0.05, 0) is 42.2 Å². The lowest BCUT2D eigenvalue weighted by atomic mass is 10.1. The number of anilines is 3. The fraction of sp³-hybridized carbons (Fsp3) is 0.346. The topological polar surface area (TPSA) is 123 Å². The minimum absolute atomic E-state index is 0.158. The smallest absolute Gasteiger partial charge is 0.222 e. The summed E-state index contributed by atoms with van der Waals surface area (Å²) in [5.41, 5.74) is 11.7. The van der Waals surface area contributed by atoms with Crippen LogP contribution in [-0.2, 0) is 19.5 Å². The summed E-state index contributed by atoms with van der Waals surface area (Å²) in [6.45, 7) is 4.30. The Morgan fingerprint density at radius 2 is 1.86 bits per heavy atom. The molecule has 2 aromatic heterocycles. The monoisotopic (exact) mass is 475 g/mol. The van der Waals surface area contributed by atoms with Crippen LogP contribution in [0.3, 0.4) is 0 Å². The first-order chi connectivity index (χ1) is 17.1. The van der Waals surface area contributed by atoms with Crippen molar-refractivity contribution < 1.29 is 9.84 Å². The summed E-state index contributed by atoms with van der Waals surface area (Å²) in [5.74, 6) is 1.72. The van der Waals surface area contributed by atoms with Crippen molar-refractivity contribution in [3.8, 4) is 5.75 Å². The van der Waals surface area contributed by atoms with Crippen LogP contribution < -0.4 is 21.1 Å². The average Bonchev–Trinajstić information content (AvgIpc) is 3.27. The zero-order chi connectivity index (χ0) is 24.6. The van der Waals surface area contributed by atoms with Crippen LogP contribution in [0.25, 0.3) is 11.0 Å². The quantitative estimate of drug-likeness (QED) is 0.228. The largest absolute Gasteiger partial charge is 0.496 e. The number of nitrogens with two attached hydrogens (primary N) is 1. The number of rotatable bonds is 12. The zero-order valence-corrected chi connectivity index (χ0v) is 20.3. The number of hydrogen-bond acceptors (Lipinski definition) is 8. The van der Waals surface area contributed by atoms with Gasteiger partial charge < -0.3 is 26.2 Å². The van der Waals surface area contributed by atoms with Crippen molar-refractivity contribution in [2.45, 2.75) is 39.3 Å². The van der Waals surface area contributed by atoms with E-state index in [0.717, 1.165) is 53.0 Å². The summed E-state index contributed by atoms with van der Waals surface area (Å²) in [4.78, 5) is 8.76. The fourth-order valence-corrected chi connectivity index (χ4v) is 3.96. The van der Waals surface area contributed by atoms with Gasteiger partial charge in [0.2, 0.25) is 5.95 Å². The third-order valence-corrected chi connectivity index (χ3v) is 5.85. The van der Waals surface area contributed by atoms with Gasteiger partial charge in [-0.15, -0.1) is 0 Å². The van der Waals surface area contributed by atoms with Crippen LogP contribution >= 0.6 is 0 Å². The van der Waals surface area contributed by atoms with Gasteiger partial charge in [0.1, 0.15) is 16.8 Å². The number of methoxy groups -OCH3 is 1. The van der Waals surface area contributed by atoms with Crippen LogP contribution in [0.15, 0.2) is 48.7 Å². The van der Waals surface area contributed by atoms with Crippen molar-refractivity contribution in [2.75, 3.05) is 36.6 Å².